The number of nitro benzene ring substituents is 1. The molecule has 0 spiro atoms. The summed E-state index contributed by atoms with van der Waals surface area (Å²) in [6, 6.07) is 13.3. The van der Waals surface area contributed by atoms with Crippen LogP contribution < -0.4 is 0 Å². The van der Waals surface area contributed by atoms with Crippen LogP contribution >= 0.6 is 11.8 Å². The molecule has 3 aromatic rings. The Morgan fingerprint density at radius 2 is 1.97 bits per heavy atom. The smallest absolute Gasteiger partial charge is 0.280 e. The highest BCUT2D eigenvalue weighted by Gasteiger charge is 2.60. The summed E-state index contributed by atoms with van der Waals surface area (Å²) in [5.74, 6) is 1.76. The highest BCUT2D eigenvalue weighted by molar-refractivity contribution is 8.18. The number of hydrogen-bond acceptors (Lipinski definition) is 8. The summed E-state index contributed by atoms with van der Waals surface area (Å²) in [6.07, 6.45) is 6.45. The first-order valence-electron chi connectivity index (χ1n) is 12.9. The number of fused-ring (bicyclic) bond motifs is 2. The van der Waals surface area contributed by atoms with Crippen molar-refractivity contribution in [3.63, 3.8) is 0 Å². The number of benzene rings is 1. The van der Waals surface area contributed by atoms with Crippen LogP contribution in [0.3, 0.4) is 0 Å². The maximum Gasteiger partial charge on any atom is 0.280 e. The monoisotopic (exact) mass is 544 g/mol. The molecule has 3 aliphatic rings. The fourth-order valence-corrected chi connectivity index (χ4v) is 6.92. The maximum atomic E-state index is 13.5. The van der Waals surface area contributed by atoms with Gasteiger partial charge < -0.3 is 8.83 Å². The van der Waals surface area contributed by atoms with Gasteiger partial charge in [-0.2, -0.15) is 5.10 Å². The van der Waals surface area contributed by atoms with Crippen LogP contribution in [0.5, 0.6) is 0 Å². The van der Waals surface area contributed by atoms with Gasteiger partial charge in [-0.1, -0.05) is 32.9 Å². The molecule has 2 atom stereocenters. The van der Waals surface area contributed by atoms with Crippen molar-refractivity contribution < 1.29 is 18.6 Å². The first-order valence-corrected chi connectivity index (χ1v) is 13.7. The molecule has 1 saturated heterocycles. The van der Waals surface area contributed by atoms with Crippen molar-refractivity contribution in [3.8, 4) is 11.3 Å². The molecule has 1 aliphatic heterocycles. The lowest BCUT2D eigenvalue weighted by Crippen LogP contribution is -2.32. The normalized spacial score (nSPS) is 26.9. The predicted octanol–water partition coefficient (Wildman–Crippen LogP) is 7.12. The summed E-state index contributed by atoms with van der Waals surface area (Å²) in [5.41, 5.74) is 1.60. The second kappa shape index (κ2) is 9.37. The molecule has 2 unspecified atom stereocenters. The fourth-order valence-electron chi connectivity index (χ4n) is 6.01. The van der Waals surface area contributed by atoms with E-state index < -0.39 is 4.92 Å². The van der Waals surface area contributed by atoms with Gasteiger partial charge >= 0.3 is 0 Å². The number of amidine groups is 1. The molecule has 39 heavy (non-hydrogen) atoms. The molecule has 2 saturated carbocycles. The number of carbonyl (C=O) groups is 1. The van der Waals surface area contributed by atoms with Crippen molar-refractivity contribution >= 4 is 40.3 Å². The molecule has 3 heterocycles. The van der Waals surface area contributed by atoms with Gasteiger partial charge in [-0.15, -0.1) is 5.10 Å². The number of nitrogens with zero attached hydrogens (tertiary/aromatic N) is 4. The molecule has 10 heteroatoms. The number of thioether (sulfide) groups is 1. The maximum absolute atomic E-state index is 13.5. The number of carbonyl (C=O) groups excluding carboxylic acids is 1. The quantitative estimate of drug-likeness (QED) is 0.185. The Bertz CT molecular complexity index is 1550. The lowest BCUT2D eigenvalue weighted by Gasteiger charge is -2.34. The topological polar surface area (TPSA) is 114 Å². The van der Waals surface area contributed by atoms with E-state index in [4.69, 9.17) is 13.9 Å². The molecule has 9 nitrogen and oxygen atoms in total. The lowest BCUT2D eigenvalue weighted by atomic mass is 9.70. The van der Waals surface area contributed by atoms with E-state index in [0.29, 0.717) is 38.8 Å². The summed E-state index contributed by atoms with van der Waals surface area (Å²) in [5, 5.41) is 21.3. The molecule has 6 rings (SSSR count). The molecule has 1 amide bonds. The van der Waals surface area contributed by atoms with E-state index in [2.05, 4.69) is 25.9 Å². The van der Waals surface area contributed by atoms with Gasteiger partial charge in [-0.25, -0.2) is 0 Å². The van der Waals surface area contributed by atoms with Crippen molar-refractivity contribution in [3.05, 3.63) is 81.3 Å². The Labute approximate surface area is 229 Å². The first kappa shape index (κ1) is 25.4. The fraction of sp³-hybridized carbons (Fsp3) is 0.345. The summed E-state index contributed by atoms with van der Waals surface area (Å²) >= 11 is 1.23. The zero-order chi connectivity index (χ0) is 27.4. The van der Waals surface area contributed by atoms with Gasteiger partial charge in [0.15, 0.2) is 5.17 Å². The van der Waals surface area contributed by atoms with E-state index in [-0.39, 0.29) is 29.0 Å². The van der Waals surface area contributed by atoms with Crippen molar-refractivity contribution in [2.75, 3.05) is 0 Å². The van der Waals surface area contributed by atoms with Crippen LogP contribution in [0.25, 0.3) is 17.4 Å². The average molecular weight is 545 g/mol. The molecule has 2 aliphatic carbocycles. The third-order valence-electron chi connectivity index (χ3n) is 8.82. The Kier molecular flexibility index (Phi) is 6.10. The van der Waals surface area contributed by atoms with E-state index in [9.17, 15) is 14.9 Å². The van der Waals surface area contributed by atoms with Crippen LogP contribution in [0, 0.1) is 26.9 Å². The summed E-state index contributed by atoms with van der Waals surface area (Å²) < 4.78 is 11.4. The number of hydrogen-bond donors (Lipinski definition) is 0. The first-order chi connectivity index (χ1) is 18.7. The zero-order valence-electron chi connectivity index (χ0n) is 21.9. The Hall–Kier alpha value is -3.92. The van der Waals surface area contributed by atoms with Crippen LogP contribution in [-0.2, 0) is 11.3 Å². The van der Waals surface area contributed by atoms with Gasteiger partial charge in [0.2, 0.25) is 0 Å². The highest BCUT2D eigenvalue weighted by atomic mass is 32.2. The number of nitro groups is 1. The summed E-state index contributed by atoms with van der Waals surface area (Å²) in [7, 11) is 0. The van der Waals surface area contributed by atoms with Crippen LogP contribution in [-0.4, -0.2) is 26.6 Å². The number of amides is 1. The van der Waals surface area contributed by atoms with Gasteiger partial charge in [-0.3, -0.25) is 19.8 Å². The Morgan fingerprint density at radius 3 is 2.67 bits per heavy atom. The van der Waals surface area contributed by atoms with Gasteiger partial charge in [-0.05, 0) is 72.7 Å². The Balaban J connectivity index is 1.32. The van der Waals surface area contributed by atoms with Gasteiger partial charge in [0.05, 0.1) is 28.2 Å². The van der Waals surface area contributed by atoms with Gasteiger partial charge in [0, 0.05) is 23.3 Å². The molecule has 2 bridgehead atoms. The van der Waals surface area contributed by atoms with Crippen molar-refractivity contribution in [2.45, 2.75) is 46.6 Å². The molecular formula is C29H28N4O5S. The van der Waals surface area contributed by atoms with Crippen LogP contribution in [0.15, 0.2) is 78.7 Å². The van der Waals surface area contributed by atoms with E-state index >= 15 is 0 Å². The highest BCUT2D eigenvalue weighted by Crippen LogP contribution is 2.64. The van der Waals surface area contributed by atoms with Crippen molar-refractivity contribution in [1.82, 2.24) is 4.90 Å². The van der Waals surface area contributed by atoms with Crippen molar-refractivity contribution in [1.29, 1.82) is 0 Å². The minimum atomic E-state index is -0.444. The van der Waals surface area contributed by atoms with Gasteiger partial charge in [0.25, 0.3) is 11.6 Å². The number of furan rings is 2. The summed E-state index contributed by atoms with van der Waals surface area (Å²) in [6.45, 7) is 7.15. The Morgan fingerprint density at radius 1 is 1.15 bits per heavy atom. The molecule has 2 aromatic heterocycles. The lowest BCUT2D eigenvalue weighted by molar-refractivity contribution is -0.384. The van der Waals surface area contributed by atoms with Gasteiger partial charge in [0.1, 0.15) is 17.3 Å². The third-order valence-corrected chi connectivity index (χ3v) is 9.81. The van der Waals surface area contributed by atoms with E-state index in [1.807, 2.05) is 6.07 Å². The van der Waals surface area contributed by atoms with Crippen LogP contribution in [0.1, 0.15) is 51.6 Å². The largest absolute Gasteiger partial charge is 0.467 e. The summed E-state index contributed by atoms with van der Waals surface area (Å²) in [4.78, 5) is 26.5. The average Bonchev–Trinajstić information content (AvgIpc) is 3.72. The molecule has 1 aromatic carbocycles. The minimum Gasteiger partial charge on any atom is -0.467 e. The predicted molar refractivity (Wildman–Crippen MR) is 150 cm³/mol. The number of para-hydroxylation sites is 1. The van der Waals surface area contributed by atoms with Crippen molar-refractivity contribution in [2.24, 2.45) is 27.0 Å². The molecular weight excluding hydrogens is 516 g/mol. The third kappa shape index (κ3) is 4.23. The SMILES string of the molecule is CC12CCC(CC1=NN=C1SC(=Cc3ccc(-c4ccccc4[N+](=O)[O-])o3)C(=O)N1Cc1ccco1)C2(C)C. The standard InChI is InChI=1S/C29H28N4O5S/c1-28(2)18-12-13-29(28,3)25(15-18)30-31-27-32(17-20-7-6-14-37-20)26(34)24(39-27)16-19-10-11-23(38-19)21-8-4-5-9-22(21)33(35)36/h4-11,14,16,18H,12-13,15,17H2,1-3H3. The second-order valence-corrected chi connectivity index (χ2v) is 12.0. The molecule has 0 N–H and O–H groups in total. The molecule has 0 radical (unpaired) electrons. The molecule has 3 fully saturated rings. The van der Waals surface area contributed by atoms with E-state index in [0.717, 1.165) is 18.6 Å². The van der Waals surface area contributed by atoms with Crippen LogP contribution in [0.2, 0.25) is 0 Å². The van der Waals surface area contributed by atoms with Crippen LogP contribution in [0.4, 0.5) is 5.69 Å². The van der Waals surface area contributed by atoms with E-state index in [1.165, 1.54) is 24.2 Å². The molecule has 200 valence electrons. The second-order valence-electron chi connectivity index (χ2n) is 11.0. The van der Waals surface area contributed by atoms with E-state index in [1.54, 1.807) is 53.6 Å². The zero-order valence-corrected chi connectivity index (χ0v) is 22.7. The number of rotatable bonds is 6. The minimum absolute atomic E-state index is 0.00410.